The van der Waals surface area contributed by atoms with Gasteiger partial charge < -0.3 is 5.32 Å². The van der Waals surface area contributed by atoms with Gasteiger partial charge in [-0.25, -0.2) is 0 Å². The maximum absolute atomic E-state index is 8.85. The molecule has 0 amide bonds. The van der Waals surface area contributed by atoms with E-state index >= 15 is 0 Å². The SMILES string of the molecule is N#Cc1ccc2cc3cc(c2c1)C=CN3. The van der Waals surface area contributed by atoms with Gasteiger partial charge in [0.25, 0.3) is 0 Å². The number of hydrogen-bond donors (Lipinski definition) is 1. The van der Waals surface area contributed by atoms with Crippen molar-refractivity contribution in [3.63, 3.8) is 0 Å². The van der Waals surface area contributed by atoms with Crippen LogP contribution in [0.2, 0.25) is 0 Å². The first-order chi connectivity index (χ1) is 7.36. The first kappa shape index (κ1) is 8.07. The van der Waals surface area contributed by atoms with Crippen LogP contribution in [0, 0.1) is 11.3 Å². The highest BCUT2D eigenvalue weighted by atomic mass is 14.8. The van der Waals surface area contributed by atoms with Crippen LogP contribution in [0.5, 0.6) is 0 Å². The molecule has 2 aromatic carbocycles. The maximum Gasteiger partial charge on any atom is 0.0991 e. The standard InChI is InChI=1S/C13H8N2/c14-8-9-1-2-10-6-12-7-11(3-4-15-12)13(10)5-9/h1-7,15H. The summed E-state index contributed by atoms with van der Waals surface area (Å²) >= 11 is 0. The Balaban J connectivity index is 2.42. The second-order valence-electron chi connectivity index (χ2n) is 3.59. The van der Waals surface area contributed by atoms with Crippen LogP contribution < -0.4 is 5.32 Å². The van der Waals surface area contributed by atoms with E-state index in [1.807, 2.05) is 30.5 Å². The fourth-order valence-electron chi connectivity index (χ4n) is 1.91. The van der Waals surface area contributed by atoms with E-state index in [1.54, 1.807) is 0 Å². The third kappa shape index (κ3) is 1.18. The number of fused-ring (bicyclic) bond motifs is 4. The van der Waals surface area contributed by atoms with Gasteiger partial charge in [-0.15, -0.1) is 0 Å². The number of nitrogens with zero attached hydrogens (tertiary/aromatic N) is 1. The van der Waals surface area contributed by atoms with Crippen LogP contribution in [0.25, 0.3) is 16.8 Å². The Morgan fingerprint density at radius 3 is 2.93 bits per heavy atom. The fourth-order valence-corrected chi connectivity index (χ4v) is 1.91. The molecule has 2 heteroatoms. The summed E-state index contributed by atoms with van der Waals surface area (Å²) in [4.78, 5) is 0. The predicted octanol–water partition coefficient (Wildman–Crippen LogP) is 3.11. The fraction of sp³-hybridized carbons (Fsp3) is 0. The van der Waals surface area contributed by atoms with Gasteiger partial charge in [-0.1, -0.05) is 6.07 Å². The van der Waals surface area contributed by atoms with Crippen LogP contribution in [0.3, 0.4) is 0 Å². The van der Waals surface area contributed by atoms with Crippen LogP contribution in [0.1, 0.15) is 11.1 Å². The van der Waals surface area contributed by atoms with Gasteiger partial charge in [-0.05, 0) is 46.7 Å². The molecule has 2 bridgehead atoms. The third-order valence-electron chi connectivity index (χ3n) is 2.63. The molecule has 0 aliphatic carbocycles. The van der Waals surface area contributed by atoms with Crippen LogP contribution in [0.15, 0.2) is 36.5 Å². The van der Waals surface area contributed by atoms with Gasteiger partial charge in [-0.3, -0.25) is 0 Å². The largest absolute Gasteiger partial charge is 0.362 e. The molecule has 0 aromatic heterocycles. The van der Waals surface area contributed by atoms with Crippen molar-refractivity contribution in [3.8, 4) is 6.07 Å². The Morgan fingerprint density at radius 2 is 2.07 bits per heavy atom. The van der Waals surface area contributed by atoms with Gasteiger partial charge in [0.05, 0.1) is 11.6 Å². The number of nitrogens with one attached hydrogen (secondary N) is 1. The summed E-state index contributed by atoms with van der Waals surface area (Å²) in [5.41, 5.74) is 2.97. The first-order valence-corrected chi connectivity index (χ1v) is 4.78. The lowest BCUT2D eigenvalue weighted by Crippen LogP contribution is -1.94. The minimum atomic E-state index is 0.707. The molecule has 0 saturated carbocycles. The summed E-state index contributed by atoms with van der Waals surface area (Å²) in [7, 11) is 0. The highest BCUT2D eigenvalue weighted by Gasteiger charge is 2.05. The van der Waals surface area contributed by atoms with E-state index < -0.39 is 0 Å². The van der Waals surface area contributed by atoms with Crippen molar-refractivity contribution in [1.29, 1.82) is 5.26 Å². The Morgan fingerprint density at radius 1 is 1.13 bits per heavy atom. The van der Waals surface area contributed by atoms with Crippen molar-refractivity contribution in [1.82, 2.24) is 0 Å². The molecule has 0 radical (unpaired) electrons. The van der Waals surface area contributed by atoms with E-state index in [-0.39, 0.29) is 0 Å². The van der Waals surface area contributed by atoms with E-state index in [0.717, 1.165) is 11.1 Å². The molecule has 70 valence electrons. The zero-order valence-electron chi connectivity index (χ0n) is 7.99. The molecule has 1 N–H and O–H groups in total. The van der Waals surface area contributed by atoms with Crippen LogP contribution in [0.4, 0.5) is 5.69 Å². The Kier molecular flexibility index (Phi) is 1.54. The molecule has 0 unspecified atom stereocenters. The molecular weight excluding hydrogens is 184 g/mol. The van der Waals surface area contributed by atoms with Gasteiger partial charge >= 0.3 is 0 Å². The van der Waals surface area contributed by atoms with Gasteiger partial charge in [0.1, 0.15) is 0 Å². The summed E-state index contributed by atoms with van der Waals surface area (Å²) in [6.45, 7) is 0. The molecule has 0 spiro atoms. The molecule has 3 rings (SSSR count). The van der Waals surface area contributed by atoms with E-state index in [9.17, 15) is 0 Å². The van der Waals surface area contributed by atoms with Crippen molar-refractivity contribution in [2.45, 2.75) is 0 Å². The van der Waals surface area contributed by atoms with E-state index in [0.29, 0.717) is 5.56 Å². The van der Waals surface area contributed by atoms with Gasteiger partial charge in [0.2, 0.25) is 0 Å². The Labute approximate surface area is 87.5 Å². The smallest absolute Gasteiger partial charge is 0.0991 e. The molecule has 0 saturated heterocycles. The van der Waals surface area contributed by atoms with Crippen molar-refractivity contribution >= 4 is 22.5 Å². The van der Waals surface area contributed by atoms with Crippen LogP contribution in [-0.4, -0.2) is 0 Å². The minimum absolute atomic E-state index is 0.707. The van der Waals surface area contributed by atoms with Crippen molar-refractivity contribution < 1.29 is 0 Å². The van der Waals surface area contributed by atoms with Gasteiger partial charge in [0, 0.05) is 11.9 Å². The van der Waals surface area contributed by atoms with Gasteiger partial charge in [0.15, 0.2) is 0 Å². The van der Waals surface area contributed by atoms with Crippen molar-refractivity contribution in [3.05, 3.63) is 47.7 Å². The van der Waals surface area contributed by atoms with Crippen LogP contribution in [-0.2, 0) is 0 Å². The lowest BCUT2D eigenvalue weighted by Gasteiger charge is -2.12. The second kappa shape index (κ2) is 2.86. The lowest BCUT2D eigenvalue weighted by molar-refractivity contribution is 1.49. The molecular formula is C13H8N2. The maximum atomic E-state index is 8.85. The molecule has 0 atom stereocenters. The average Bonchev–Trinajstić information content (AvgIpc) is 2.29. The molecule has 1 aliphatic rings. The lowest BCUT2D eigenvalue weighted by atomic mass is 10.00. The Hall–Kier alpha value is -2.27. The number of anilines is 1. The monoisotopic (exact) mass is 192 g/mol. The first-order valence-electron chi connectivity index (χ1n) is 4.78. The number of rotatable bonds is 0. The number of hydrogen-bond acceptors (Lipinski definition) is 2. The predicted molar refractivity (Wildman–Crippen MR) is 61.3 cm³/mol. The summed E-state index contributed by atoms with van der Waals surface area (Å²) in [6.07, 6.45) is 3.94. The summed E-state index contributed by atoms with van der Waals surface area (Å²) in [5, 5.41) is 14.3. The zero-order valence-corrected chi connectivity index (χ0v) is 7.99. The highest BCUT2D eigenvalue weighted by Crippen LogP contribution is 2.28. The molecule has 1 aliphatic heterocycles. The van der Waals surface area contributed by atoms with Crippen molar-refractivity contribution in [2.75, 3.05) is 5.32 Å². The summed E-state index contributed by atoms with van der Waals surface area (Å²) in [6, 6.07) is 12.1. The quantitative estimate of drug-likeness (QED) is 0.696. The van der Waals surface area contributed by atoms with E-state index in [2.05, 4.69) is 23.5 Å². The molecule has 0 fully saturated rings. The minimum Gasteiger partial charge on any atom is -0.362 e. The van der Waals surface area contributed by atoms with E-state index in [4.69, 9.17) is 5.26 Å². The Bertz CT molecular complexity index is 618. The molecule has 2 aromatic rings. The number of benzene rings is 2. The zero-order chi connectivity index (χ0) is 10.3. The van der Waals surface area contributed by atoms with Gasteiger partial charge in [-0.2, -0.15) is 5.26 Å². The summed E-state index contributed by atoms with van der Waals surface area (Å²) in [5.74, 6) is 0. The highest BCUT2D eigenvalue weighted by molar-refractivity contribution is 5.95. The average molecular weight is 192 g/mol. The van der Waals surface area contributed by atoms with Crippen molar-refractivity contribution in [2.24, 2.45) is 0 Å². The molecule has 15 heavy (non-hydrogen) atoms. The molecule has 2 nitrogen and oxygen atoms in total. The second-order valence-corrected chi connectivity index (χ2v) is 3.59. The topological polar surface area (TPSA) is 35.8 Å². The number of nitriles is 1. The normalized spacial score (nSPS) is 12.2. The molecule has 1 heterocycles. The third-order valence-corrected chi connectivity index (χ3v) is 2.63. The van der Waals surface area contributed by atoms with Crippen LogP contribution >= 0.6 is 0 Å². The van der Waals surface area contributed by atoms with E-state index in [1.165, 1.54) is 10.9 Å². The summed E-state index contributed by atoms with van der Waals surface area (Å²) < 4.78 is 0.